The fraction of sp³-hybridized carbons (Fsp3) is 0.467. The Morgan fingerprint density at radius 1 is 1.32 bits per heavy atom. The molecule has 0 bridgehead atoms. The maximum absolute atomic E-state index is 13.4. The van der Waals surface area contributed by atoms with E-state index in [1.54, 1.807) is 0 Å². The molecule has 2 unspecified atom stereocenters. The molecule has 0 spiro atoms. The van der Waals surface area contributed by atoms with Crippen LogP contribution in [0.25, 0.3) is 0 Å². The van der Waals surface area contributed by atoms with Gasteiger partial charge in [-0.2, -0.15) is 0 Å². The Hall–Kier alpha value is -1.26. The largest absolute Gasteiger partial charge is 0.387 e. The Morgan fingerprint density at radius 2 is 2.16 bits per heavy atom. The molecule has 1 aliphatic rings. The molecule has 2 N–H and O–H groups in total. The van der Waals surface area contributed by atoms with Crippen LogP contribution in [0.15, 0.2) is 30.4 Å². The highest BCUT2D eigenvalue weighted by molar-refractivity contribution is 5.21. The normalized spacial score (nSPS) is 20.5. The first-order valence-electron chi connectivity index (χ1n) is 6.65. The maximum Gasteiger partial charge on any atom is 0.131 e. The van der Waals surface area contributed by atoms with Crippen molar-refractivity contribution in [2.45, 2.75) is 25.4 Å². The number of aliphatic hydroxyl groups excluding tert-OH is 1. The van der Waals surface area contributed by atoms with Gasteiger partial charge in [-0.15, -0.1) is 0 Å². The minimum atomic E-state index is -0.945. The van der Waals surface area contributed by atoms with Gasteiger partial charge < -0.3 is 10.4 Å². The Morgan fingerprint density at radius 3 is 2.84 bits per heavy atom. The van der Waals surface area contributed by atoms with Gasteiger partial charge in [-0.1, -0.05) is 18.2 Å². The van der Waals surface area contributed by atoms with E-state index in [0.717, 1.165) is 37.9 Å². The topological polar surface area (TPSA) is 32.3 Å². The van der Waals surface area contributed by atoms with E-state index >= 15 is 0 Å². The zero-order chi connectivity index (χ0) is 13.7. The van der Waals surface area contributed by atoms with Crippen molar-refractivity contribution in [3.8, 4) is 0 Å². The van der Waals surface area contributed by atoms with Crippen LogP contribution >= 0.6 is 0 Å². The first kappa shape index (κ1) is 14.2. The van der Waals surface area contributed by atoms with Crippen molar-refractivity contribution in [2.24, 2.45) is 5.92 Å². The highest BCUT2D eigenvalue weighted by atomic mass is 19.1. The molecular formula is C15H19F2NO. The van der Waals surface area contributed by atoms with E-state index in [1.807, 2.05) is 0 Å². The minimum Gasteiger partial charge on any atom is -0.387 e. The minimum absolute atomic E-state index is 0.137. The molecule has 1 aromatic rings. The number of nitrogens with one attached hydrogen (secondary N) is 1. The van der Waals surface area contributed by atoms with Crippen molar-refractivity contribution in [3.05, 3.63) is 47.5 Å². The van der Waals surface area contributed by atoms with Gasteiger partial charge in [-0.3, -0.25) is 0 Å². The summed E-state index contributed by atoms with van der Waals surface area (Å²) in [7, 11) is 0. The highest BCUT2D eigenvalue weighted by Gasteiger charge is 2.14. The molecular weight excluding hydrogens is 248 g/mol. The van der Waals surface area contributed by atoms with Crippen LogP contribution in [-0.4, -0.2) is 18.2 Å². The van der Waals surface area contributed by atoms with Gasteiger partial charge in [0.1, 0.15) is 11.6 Å². The summed E-state index contributed by atoms with van der Waals surface area (Å²) in [5.41, 5.74) is 0.137. The average molecular weight is 267 g/mol. The van der Waals surface area contributed by atoms with Crippen LogP contribution in [-0.2, 0) is 0 Å². The summed E-state index contributed by atoms with van der Waals surface area (Å²) in [6.07, 6.45) is 6.70. The number of halogens is 2. The third kappa shape index (κ3) is 4.11. The van der Waals surface area contributed by atoms with Gasteiger partial charge in [0.2, 0.25) is 0 Å². The van der Waals surface area contributed by atoms with Gasteiger partial charge in [0.25, 0.3) is 0 Å². The van der Waals surface area contributed by atoms with Crippen LogP contribution in [0.5, 0.6) is 0 Å². The van der Waals surface area contributed by atoms with E-state index in [4.69, 9.17) is 0 Å². The zero-order valence-corrected chi connectivity index (χ0v) is 10.8. The molecule has 4 heteroatoms. The van der Waals surface area contributed by atoms with Gasteiger partial charge in [0.05, 0.1) is 6.10 Å². The summed E-state index contributed by atoms with van der Waals surface area (Å²) < 4.78 is 26.2. The van der Waals surface area contributed by atoms with Crippen LogP contribution in [0.1, 0.15) is 30.9 Å². The average Bonchev–Trinajstić information content (AvgIpc) is 2.39. The SMILES string of the molecule is OC(CNCC1CC=CCC1)c1ccc(F)cc1F. The van der Waals surface area contributed by atoms with Crippen LogP contribution in [0.4, 0.5) is 8.78 Å². The molecule has 0 saturated heterocycles. The number of hydrogen-bond acceptors (Lipinski definition) is 2. The lowest BCUT2D eigenvalue weighted by molar-refractivity contribution is 0.167. The van der Waals surface area contributed by atoms with Crippen molar-refractivity contribution < 1.29 is 13.9 Å². The molecule has 2 nitrogen and oxygen atoms in total. The van der Waals surface area contributed by atoms with Gasteiger partial charge >= 0.3 is 0 Å². The van der Waals surface area contributed by atoms with E-state index in [9.17, 15) is 13.9 Å². The third-order valence-corrected chi connectivity index (χ3v) is 3.47. The second kappa shape index (κ2) is 6.78. The number of allylic oxidation sites excluding steroid dienone is 2. The van der Waals surface area contributed by atoms with E-state index in [0.29, 0.717) is 5.92 Å². The summed E-state index contributed by atoms with van der Waals surface area (Å²) >= 11 is 0. The standard InChI is InChI=1S/C15H19F2NO/c16-12-6-7-13(14(17)8-12)15(19)10-18-9-11-4-2-1-3-5-11/h1-2,6-8,11,15,18-19H,3-5,9-10H2. The maximum atomic E-state index is 13.4. The summed E-state index contributed by atoms with van der Waals surface area (Å²) in [5, 5.41) is 13.0. The summed E-state index contributed by atoms with van der Waals surface area (Å²) in [4.78, 5) is 0. The molecule has 2 rings (SSSR count). The van der Waals surface area contributed by atoms with Gasteiger partial charge in [0, 0.05) is 18.2 Å². The number of rotatable bonds is 5. The predicted molar refractivity (Wildman–Crippen MR) is 70.7 cm³/mol. The van der Waals surface area contributed by atoms with Crippen LogP contribution in [0.2, 0.25) is 0 Å². The lowest BCUT2D eigenvalue weighted by Gasteiger charge is -2.19. The molecule has 1 aromatic carbocycles. The molecule has 104 valence electrons. The summed E-state index contributed by atoms with van der Waals surface area (Å²) in [6, 6.07) is 3.25. The van der Waals surface area contributed by atoms with Crippen molar-refractivity contribution >= 4 is 0 Å². The van der Waals surface area contributed by atoms with E-state index in [-0.39, 0.29) is 12.1 Å². The molecule has 0 aliphatic heterocycles. The smallest absolute Gasteiger partial charge is 0.131 e. The molecule has 0 heterocycles. The van der Waals surface area contributed by atoms with Crippen LogP contribution in [0.3, 0.4) is 0 Å². The lowest BCUT2D eigenvalue weighted by Crippen LogP contribution is -2.28. The van der Waals surface area contributed by atoms with Crippen molar-refractivity contribution in [2.75, 3.05) is 13.1 Å². The van der Waals surface area contributed by atoms with Crippen LogP contribution < -0.4 is 5.32 Å². The quantitative estimate of drug-likeness (QED) is 0.804. The molecule has 0 amide bonds. The van der Waals surface area contributed by atoms with Gasteiger partial charge in [-0.05, 0) is 37.8 Å². The Kier molecular flexibility index (Phi) is 5.05. The highest BCUT2D eigenvalue weighted by Crippen LogP contribution is 2.19. The van der Waals surface area contributed by atoms with Crippen LogP contribution in [0, 0.1) is 17.6 Å². The predicted octanol–water partition coefficient (Wildman–Crippen LogP) is 2.94. The van der Waals surface area contributed by atoms with Crippen molar-refractivity contribution in [1.29, 1.82) is 0 Å². The molecule has 1 aliphatic carbocycles. The number of aliphatic hydroxyl groups is 1. The van der Waals surface area contributed by atoms with E-state index < -0.39 is 17.7 Å². The summed E-state index contributed by atoms with van der Waals surface area (Å²) in [6.45, 7) is 1.09. The zero-order valence-electron chi connectivity index (χ0n) is 10.8. The second-order valence-corrected chi connectivity index (χ2v) is 4.99. The fourth-order valence-corrected chi connectivity index (χ4v) is 2.35. The Bertz CT molecular complexity index is 448. The van der Waals surface area contributed by atoms with Gasteiger partial charge in [-0.25, -0.2) is 8.78 Å². The number of benzene rings is 1. The monoisotopic (exact) mass is 267 g/mol. The lowest BCUT2D eigenvalue weighted by atomic mass is 9.94. The van der Waals surface area contributed by atoms with Crippen molar-refractivity contribution in [1.82, 2.24) is 5.32 Å². The van der Waals surface area contributed by atoms with Crippen molar-refractivity contribution in [3.63, 3.8) is 0 Å². The molecule has 0 radical (unpaired) electrons. The van der Waals surface area contributed by atoms with Gasteiger partial charge in [0.15, 0.2) is 0 Å². The van der Waals surface area contributed by atoms with E-state index in [1.165, 1.54) is 6.07 Å². The first-order valence-corrected chi connectivity index (χ1v) is 6.65. The molecule has 0 fully saturated rings. The second-order valence-electron chi connectivity index (χ2n) is 4.99. The Balaban J connectivity index is 1.80. The van der Waals surface area contributed by atoms with E-state index in [2.05, 4.69) is 17.5 Å². The third-order valence-electron chi connectivity index (χ3n) is 3.47. The molecule has 0 saturated carbocycles. The molecule has 2 atom stereocenters. The molecule has 0 aromatic heterocycles. The fourth-order valence-electron chi connectivity index (χ4n) is 2.35. The Labute approximate surface area is 112 Å². The molecule has 19 heavy (non-hydrogen) atoms. The first-order chi connectivity index (χ1) is 9.16. The number of hydrogen-bond donors (Lipinski definition) is 2. The summed E-state index contributed by atoms with van der Waals surface area (Å²) in [5.74, 6) is -0.749.